The van der Waals surface area contributed by atoms with Crippen LogP contribution in [0.2, 0.25) is 0 Å². The lowest BCUT2D eigenvalue weighted by Crippen LogP contribution is -2.41. The second-order valence-corrected chi connectivity index (χ2v) is 5.76. The molecular weight excluding hydrogens is 256 g/mol. The minimum absolute atomic E-state index is 0.129. The van der Waals surface area contributed by atoms with Crippen molar-refractivity contribution in [1.82, 2.24) is 10.3 Å². The van der Waals surface area contributed by atoms with Crippen molar-refractivity contribution >= 4 is 11.9 Å². The van der Waals surface area contributed by atoms with Gasteiger partial charge in [0.15, 0.2) is 0 Å². The van der Waals surface area contributed by atoms with Crippen LogP contribution in [0.25, 0.3) is 0 Å². The summed E-state index contributed by atoms with van der Waals surface area (Å²) in [5, 5.41) is 12.2. The molecule has 0 saturated heterocycles. The van der Waals surface area contributed by atoms with Crippen molar-refractivity contribution in [3.63, 3.8) is 0 Å². The topological polar surface area (TPSA) is 79.3 Å². The van der Waals surface area contributed by atoms with Gasteiger partial charge in [-0.05, 0) is 43.2 Å². The fourth-order valence-electron chi connectivity index (χ4n) is 3.82. The first-order valence-corrected chi connectivity index (χ1v) is 7.07. The van der Waals surface area contributed by atoms with Crippen LogP contribution in [-0.2, 0) is 16.1 Å². The Morgan fingerprint density at radius 2 is 2.00 bits per heavy atom. The molecule has 0 aliphatic heterocycles. The number of pyridine rings is 1. The van der Waals surface area contributed by atoms with Crippen LogP contribution in [0.3, 0.4) is 0 Å². The molecule has 3 rings (SSSR count). The van der Waals surface area contributed by atoms with Crippen LogP contribution in [0.4, 0.5) is 0 Å². The minimum Gasteiger partial charge on any atom is -0.481 e. The summed E-state index contributed by atoms with van der Waals surface area (Å²) in [6, 6.07) is 5.53. The monoisotopic (exact) mass is 274 g/mol. The molecule has 2 N–H and O–H groups in total. The van der Waals surface area contributed by atoms with Crippen LogP contribution in [0.15, 0.2) is 24.4 Å². The van der Waals surface area contributed by atoms with Gasteiger partial charge in [-0.1, -0.05) is 6.07 Å². The number of hydrogen-bond acceptors (Lipinski definition) is 3. The first-order valence-electron chi connectivity index (χ1n) is 7.07. The zero-order valence-electron chi connectivity index (χ0n) is 11.2. The normalized spacial score (nSPS) is 31.2. The van der Waals surface area contributed by atoms with E-state index in [2.05, 4.69) is 10.3 Å². The first-order chi connectivity index (χ1) is 9.66. The first kappa shape index (κ1) is 13.1. The number of rotatable bonds is 4. The number of carbonyl (C=O) groups excluding carboxylic acids is 1. The fourth-order valence-corrected chi connectivity index (χ4v) is 3.82. The summed E-state index contributed by atoms with van der Waals surface area (Å²) in [4.78, 5) is 27.9. The third kappa shape index (κ3) is 2.28. The number of carbonyl (C=O) groups is 2. The lowest BCUT2D eigenvalue weighted by atomic mass is 9.78. The number of fused-ring (bicyclic) bond motifs is 2. The highest BCUT2D eigenvalue weighted by molar-refractivity contribution is 5.86. The van der Waals surface area contributed by atoms with Gasteiger partial charge in [-0.15, -0.1) is 0 Å². The number of carboxylic acids is 1. The molecular formula is C15H18N2O3. The van der Waals surface area contributed by atoms with E-state index in [4.69, 9.17) is 0 Å². The highest BCUT2D eigenvalue weighted by atomic mass is 16.4. The van der Waals surface area contributed by atoms with Gasteiger partial charge in [0, 0.05) is 6.20 Å². The molecule has 2 aliphatic rings. The highest BCUT2D eigenvalue weighted by Gasteiger charge is 2.53. The second kappa shape index (κ2) is 5.23. The molecule has 5 nitrogen and oxygen atoms in total. The van der Waals surface area contributed by atoms with Gasteiger partial charge in [0.2, 0.25) is 5.91 Å². The van der Waals surface area contributed by atoms with Crippen molar-refractivity contribution in [2.24, 2.45) is 23.7 Å². The molecule has 0 unspecified atom stereocenters. The predicted molar refractivity (Wildman–Crippen MR) is 71.5 cm³/mol. The summed E-state index contributed by atoms with van der Waals surface area (Å²) in [6.45, 7) is 0.361. The SMILES string of the molecule is O=C(O)[C@@H]1[C@H]2CC[C@@H](C2)[C@H]1C(=O)NCc1ccccn1. The summed E-state index contributed by atoms with van der Waals surface area (Å²) in [5.41, 5.74) is 0.788. The molecule has 5 heteroatoms. The van der Waals surface area contributed by atoms with E-state index in [0.717, 1.165) is 25.0 Å². The molecule has 2 saturated carbocycles. The Morgan fingerprint density at radius 1 is 1.25 bits per heavy atom. The van der Waals surface area contributed by atoms with E-state index >= 15 is 0 Å². The Morgan fingerprint density at radius 3 is 2.65 bits per heavy atom. The summed E-state index contributed by atoms with van der Waals surface area (Å²) in [5.74, 6) is -1.40. The summed E-state index contributed by atoms with van der Waals surface area (Å²) in [6.07, 6.45) is 4.50. The molecule has 4 atom stereocenters. The fraction of sp³-hybridized carbons (Fsp3) is 0.533. The molecule has 1 amide bonds. The van der Waals surface area contributed by atoms with E-state index in [0.29, 0.717) is 6.54 Å². The van der Waals surface area contributed by atoms with Gasteiger partial charge < -0.3 is 10.4 Å². The number of aliphatic carboxylic acids is 1. The predicted octanol–water partition coefficient (Wildman–Crippen LogP) is 1.44. The molecule has 1 aromatic rings. The van der Waals surface area contributed by atoms with Crippen LogP contribution in [0.1, 0.15) is 25.0 Å². The van der Waals surface area contributed by atoms with Gasteiger partial charge in [-0.2, -0.15) is 0 Å². The number of carboxylic acid groups (broad SMARTS) is 1. The number of aromatic nitrogens is 1. The van der Waals surface area contributed by atoms with Gasteiger partial charge in [-0.3, -0.25) is 14.6 Å². The number of nitrogens with zero attached hydrogens (tertiary/aromatic N) is 1. The van der Waals surface area contributed by atoms with Crippen LogP contribution in [0.5, 0.6) is 0 Å². The highest BCUT2D eigenvalue weighted by Crippen LogP contribution is 2.52. The maximum Gasteiger partial charge on any atom is 0.307 e. The van der Waals surface area contributed by atoms with Gasteiger partial charge in [-0.25, -0.2) is 0 Å². The van der Waals surface area contributed by atoms with Crippen molar-refractivity contribution in [3.05, 3.63) is 30.1 Å². The van der Waals surface area contributed by atoms with E-state index in [-0.39, 0.29) is 23.7 Å². The molecule has 0 aromatic carbocycles. The zero-order chi connectivity index (χ0) is 14.1. The van der Waals surface area contributed by atoms with Crippen molar-refractivity contribution < 1.29 is 14.7 Å². The molecule has 2 aliphatic carbocycles. The summed E-state index contributed by atoms with van der Waals surface area (Å²) >= 11 is 0. The Balaban J connectivity index is 1.66. The lowest BCUT2D eigenvalue weighted by Gasteiger charge is -2.26. The van der Waals surface area contributed by atoms with E-state index in [1.54, 1.807) is 6.20 Å². The third-order valence-corrected chi connectivity index (χ3v) is 4.67. The summed E-state index contributed by atoms with van der Waals surface area (Å²) in [7, 11) is 0. The Bertz CT molecular complexity index is 517. The Hall–Kier alpha value is -1.91. The standard InChI is InChI=1S/C15H18N2O3/c18-14(17-8-11-3-1-2-6-16-11)12-9-4-5-10(7-9)13(12)15(19)20/h1-3,6,9-10,12-13H,4-5,7-8H2,(H,17,18)(H,19,20)/t9-,10-,12+,13+/m0/s1. The third-order valence-electron chi connectivity index (χ3n) is 4.67. The quantitative estimate of drug-likeness (QED) is 0.871. The van der Waals surface area contributed by atoms with E-state index in [1.165, 1.54) is 0 Å². The van der Waals surface area contributed by atoms with Gasteiger partial charge in [0.25, 0.3) is 0 Å². The number of amides is 1. The van der Waals surface area contributed by atoms with Crippen molar-refractivity contribution in [1.29, 1.82) is 0 Å². The Labute approximate surface area is 117 Å². The summed E-state index contributed by atoms with van der Waals surface area (Å²) < 4.78 is 0. The smallest absolute Gasteiger partial charge is 0.307 e. The van der Waals surface area contributed by atoms with E-state index in [1.807, 2.05) is 18.2 Å². The van der Waals surface area contributed by atoms with Crippen LogP contribution < -0.4 is 5.32 Å². The average Bonchev–Trinajstić information content (AvgIpc) is 3.06. The van der Waals surface area contributed by atoms with Crippen LogP contribution >= 0.6 is 0 Å². The molecule has 106 valence electrons. The minimum atomic E-state index is -0.824. The molecule has 20 heavy (non-hydrogen) atoms. The molecule has 2 bridgehead atoms. The van der Waals surface area contributed by atoms with Crippen LogP contribution in [0, 0.1) is 23.7 Å². The lowest BCUT2D eigenvalue weighted by molar-refractivity contribution is -0.149. The zero-order valence-corrected chi connectivity index (χ0v) is 11.2. The maximum absolute atomic E-state index is 12.3. The van der Waals surface area contributed by atoms with Crippen molar-refractivity contribution in [3.8, 4) is 0 Å². The molecule has 0 radical (unpaired) electrons. The maximum atomic E-state index is 12.3. The molecule has 0 spiro atoms. The second-order valence-electron chi connectivity index (χ2n) is 5.76. The van der Waals surface area contributed by atoms with E-state index < -0.39 is 11.9 Å². The van der Waals surface area contributed by atoms with E-state index in [9.17, 15) is 14.7 Å². The Kier molecular flexibility index (Phi) is 3.42. The molecule has 1 heterocycles. The molecule has 1 aromatic heterocycles. The number of nitrogens with one attached hydrogen (secondary N) is 1. The number of hydrogen-bond donors (Lipinski definition) is 2. The van der Waals surface area contributed by atoms with Crippen molar-refractivity contribution in [2.45, 2.75) is 25.8 Å². The van der Waals surface area contributed by atoms with Crippen molar-refractivity contribution in [2.75, 3.05) is 0 Å². The van der Waals surface area contributed by atoms with Gasteiger partial charge in [0.1, 0.15) is 0 Å². The van der Waals surface area contributed by atoms with Gasteiger partial charge >= 0.3 is 5.97 Å². The average molecular weight is 274 g/mol. The largest absolute Gasteiger partial charge is 0.481 e. The van der Waals surface area contributed by atoms with Gasteiger partial charge in [0.05, 0.1) is 24.1 Å². The molecule has 2 fully saturated rings. The van der Waals surface area contributed by atoms with Crippen LogP contribution in [-0.4, -0.2) is 22.0 Å².